The maximum absolute atomic E-state index is 13.1. The van der Waals surface area contributed by atoms with Crippen LogP contribution in [0.25, 0.3) is 16.5 Å². The number of amides is 1. The number of fused-ring (bicyclic) bond motifs is 1. The molecule has 1 amide bonds. The Morgan fingerprint density at radius 3 is 2.42 bits per heavy atom. The average Bonchev–Trinajstić information content (AvgIpc) is 3.14. The van der Waals surface area contributed by atoms with Crippen LogP contribution in [0.4, 0.5) is 0 Å². The topological polar surface area (TPSA) is 88.4 Å². The van der Waals surface area contributed by atoms with Gasteiger partial charge in [-0.05, 0) is 29.4 Å². The summed E-state index contributed by atoms with van der Waals surface area (Å²) in [6.45, 7) is 1.42. The molecule has 1 aromatic heterocycles. The first kappa shape index (κ1) is 20.6. The smallest absolute Gasteiger partial charge is 0.329 e. The number of nitrogens with zero attached hydrogens (tertiary/aromatic N) is 1. The van der Waals surface area contributed by atoms with E-state index in [4.69, 9.17) is 11.6 Å². The highest BCUT2D eigenvalue weighted by Gasteiger charge is 2.38. The van der Waals surface area contributed by atoms with Crippen LogP contribution in [0.3, 0.4) is 0 Å². The summed E-state index contributed by atoms with van der Waals surface area (Å²) in [5, 5.41) is 13.1. The zero-order chi connectivity index (χ0) is 22.2. The molecule has 0 aliphatic heterocycles. The second kappa shape index (κ2) is 7.89. The number of halogens is 1. The van der Waals surface area contributed by atoms with Gasteiger partial charge in [-0.1, -0.05) is 48.5 Å². The van der Waals surface area contributed by atoms with Gasteiger partial charge >= 0.3 is 5.97 Å². The lowest BCUT2D eigenvalue weighted by atomic mass is 9.88. The average molecular weight is 435 g/mol. The van der Waals surface area contributed by atoms with E-state index in [1.807, 2.05) is 30.3 Å². The number of alkyl halides is 1. The van der Waals surface area contributed by atoms with Crippen molar-refractivity contribution in [3.63, 3.8) is 0 Å². The maximum Gasteiger partial charge on any atom is 0.329 e. The van der Waals surface area contributed by atoms with Crippen molar-refractivity contribution >= 4 is 45.9 Å². The van der Waals surface area contributed by atoms with Crippen LogP contribution in [0.2, 0.25) is 0 Å². The first-order valence-corrected chi connectivity index (χ1v) is 10.00. The highest BCUT2D eigenvalue weighted by Crippen LogP contribution is 2.37. The van der Waals surface area contributed by atoms with E-state index < -0.39 is 16.8 Å². The lowest BCUT2D eigenvalue weighted by Crippen LogP contribution is -2.35. The van der Waals surface area contributed by atoms with E-state index in [-0.39, 0.29) is 18.0 Å². The summed E-state index contributed by atoms with van der Waals surface area (Å²) in [6.07, 6.45) is 4.63. The number of para-hydroxylation sites is 1. The summed E-state index contributed by atoms with van der Waals surface area (Å²) in [5.41, 5.74) is 2.73. The molecule has 4 rings (SSSR count). The van der Waals surface area contributed by atoms with Crippen molar-refractivity contribution in [3.05, 3.63) is 89.8 Å². The number of carboxylic acid groups (broad SMARTS) is 1. The van der Waals surface area contributed by atoms with Gasteiger partial charge in [0.15, 0.2) is 4.87 Å². The van der Waals surface area contributed by atoms with Crippen LogP contribution < -0.4 is 5.32 Å². The van der Waals surface area contributed by atoms with Gasteiger partial charge in [0.2, 0.25) is 5.91 Å². The van der Waals surface area contributed by atoms with Crippen molar-refractivity contribution in [2.45, 2.75) is 18.2 Å². The molecule has 2 aromatic carbocycles. The van der Waals surface area contributed by atoms with Crippen molar-refractivity contribution in [3.8, 4) is 0 Å². The Kier molecular flexibility index (Phi) is 5.25. The van der Waals surface area contributed by atoms with Crippen molar-refractivity contribution in [1.82, 2.24) is 9.88 Å². The number of carbonyl (C=O) groups excluding carboxylic acids is 2. The molecule has 1 aliphatic rings. The van der Waals surface area contributed by atoms with E-state index in [9.17, 15) is 19.5 Å². The molecule has 1 unspecified atom stereocenters. The molecule has 1 atom stereocenters. The minimum Gasteiger partial charge on any atom is -0.480 e. The van der Waals surface area contributed by atoms with Gasteiger partial charge in [-0.25, -0.2) is 4.79 Å². The number of hydrogen-bond donors (Lipinski definition) is 2. The number of carboxylic acids is 1. The van der Waals surface area contributed by atoms with Crippen molar-refractivity contribution in [2.75, 3.05) is 0 Å². The summed E-state index contributed by atoms with van der Waals surface area (Å²) in [5.74, 6) is -1.88. The first-order valence-electron chi connectivity index (χ1n) is 9.62. The Hall–Kier alpha value is -3.64. The van der Waals surface area contributed by atoms with Gasteiger partial charge in [0.05, 0.1) is 11.1 Å². The number of nitrogens with one attached hydrogen (secondary N) is 1. The normalized spacial score (nSPS) is 18.3. The van der Waals surface area contributed by atoms with Crippen LogP contribution in [0.5, 0.6) is 0 Å². The van der Waals surface area contributed by atoms with E-state index in [1.165, 1.54) is 23.8 Å². The molecule has 31 heavy (non-hydrogen) atoms. The number of allylic oxidation sites excluding steroid dienone is 2. The van der Waals surface area contributed by atoms with Crippen LogP contribution in [-0.2, 0) is 4.79 Å². The quantitative estimate of drug-likeness (QED) is 0.593. The van der Waals surface area contributed by atoms with Gasteiger partial charge in [0, 0.05) is 30.6 Å². The SMILES string of the molecule is CC(=O)n1cc(C(=O)NC2=CC(Cl)(C(=O)O)CC(c3ccccc3)=C2)c2ccccc21. The van der Waals surface area contributed by atoms with E-state index in [0.29, 0.717) is 22.0 Å². The van der Waals surface area contributed by atoms with E-state index in [2.05, 4.69) is 5.32 Å². The number of aromatic nitrogens is 1. The minimum absolute atomic E-state index is 0.0803. The number of hydrogen-bond acceptors (Lipinski definition) is 3. The highest BCUT2D eigenvalue weighted by molar-refractivity contribution is 6.36. The van der Waals surface area contributed by atoms with Gasteiger partial charge in [0.25, 0.3) is 5.91 Å². The fourth-order valence-corrected chi connectivity index (χ4v) is 3.98. The van der Waals surface area contributed by atoms with Crippen LogP contribution >= 0.6 is 11.6 Å². The Labute approximate surface area is 183 Å². The Morgan fingerprint density at radius 2 is 1.74 bits per heavy atom. The van der Waals surface area contributed by atoms with Crippen LogP contribution in [0.15, 0.2) is 78.6 Å². The summed E-state index contributed by atoms with van der Waals surface area (Å²) in [4.78, 5) is 35.2. The zero-order valence-electron chi connectivity index (χ0n) is 16.6. The first-order chi connectivity index (χ1) is 14.8. The van der Waals surface area contributed by atoms with Crippen molar-refractivity contribution < 1.29 is 19.5 Å². The van der Waals surface area contributed by atoms with E-state index in [0.717, 1.165) is 5.56 Å². The molecule has 3 aromatic rings. The van der Waals surface area contributed by atoms with Gasteiger partial charge < -0.3 is 10.4 Å². The summed E-state index contributed by atoms with van der Waals surface area (Å²) in [6, 6.07) is 16.4. The summed E-state index contributed by atoms with van der Waals surface area (Å²) in [7, 11) is 0. The lowest BCUT2D eigenvalue weighted by Gasteiger charge is -2.26. The Bertz CT molecular complexity index is 1270. The van der Waals surface area contributed by atoms with E-state index >= 15 is 0 Å². The molecular weight excluding hydrogens is 416 g/mol. The maximum atomic E-state index is 13.1. The molecule has 2 N–H and O–H groups in total. The Balaban J connectivity index is 1.73. The third-order valence-electron chi connectivity index (χ3n) is 5.22. The van der Waals surface area contributed by atoms with Crippen LogP contribution in [0.1, 0.15) is 34.1 Å². The second-order valence-corrected chi connectivity index (χ2v) is 8.06. The molecular formula is C24H19ClN2O4. The molecule has 0 bridgehead atoms. The molecule has 0 fully saturated rings. The standard InChI is InChI=1S/C24H19ClN2O4/c1-15(28)27-14-20(19-9-5-6-10-21(19)27)22(29)26-18-11-17(16-7-3-2-4-8-16)12-24(25,13-18)23(30)31/h2-11,13-14H,12H2,1H3,(H,26,29)(H,30,31). The van der Waals surface area contributed by atoms with Gasteiger partial charge in [-0.2, -0.15) is 0 Å². The van der Waals surface area contributed by atoms with Gasteiger partial charge in [0.1, 0.15) is 0 Å². The zero-order valence-corrected chi connectivity index (χ0v) is 17.4. The molecule has 1 aliphatic carbocycles. The van der Waals surface area contributed by atoms with E-state index in [1.54, 1.807) is 30.3 Å². The Morgan fingerprint density at radius 1 is 1.06 bits per heavy atom. The molecule has 156 valence electrons. The molecule has 0 radical (unpaired) electrons. The predicted molar refractivity (Wildman–Crippen MR) is 119 cm³/mol. The van der Waals surface area contributed by atoms with Crippen LogP contribution in [-0.4, -0.2) is 32.3 Å². The highest BCUT2D eigenvalue weighted by atomic mass is 35.5. The van der Waals surface area contributed by atoms with Crippen molar-refractivity contribution in [2.24, 2.45) is 0 Å². The molecule has 6 nitrogen and oxygen atoms in total. The lowest BCUT2D eigenvalue weighted by molar-refractivity contribution is -0.138. The largest absolute Gasteiger partial charge is 0.480 e. The molecule has 0 spiro atoms. The monoisotopic (exact) mass is 434 g/mol. The van der Waals surface area contributed by atoms with Gasteiger partial charge in [-0.3, -0.25) is 14.2 Å². The fraction of sp³-hybridized carbons (Fsp3) is 0.125. The third-order valence-corrected chi connectivity index (χ3v) is 5.62. The number of benzene rings is 2. The van der Waals surface area contributed by atoms with Gasteiger partial charge in [-0.15, -0.1) is 11.6 Å². The minimum atomic E-state index is -1.68. The van der Waals surface area contributed by atoms with Crippen LogP contribution in [0, 0.1) is 0 Å². The predicted octanol–water partition coefficient (Wildman–Crippen LogP) is 4.46. The van der Waals surface area contributed by atoms with Crippen molar-refractivity contribution in [1.29, 1.82) is 0 Å². The summed E-state index contributed by atoms with van der Waals surface area (Å²) >= 11 is 6.40. The summed E-state index contributed by atoms with van der Waals surface area (Å²) < 4.78 is 1.41. The second-order valence-electron chi connectivity index (χ2n) is 7.38. The third kappa shape index (κ3) is 3.90. The number of aliphatic carboxylic acids is 1. The molecule has 1 heterocycles. The fourth-order valence-electron chi connectivity index (χ4n) is 3.72. The number of rotatable bonds is 4. The molecule has 0 saturated carbocycles. The molecule has 7 heteroatoms. The molecule has 0 saturated heterocycles. The number of carbonyl (C=O) groups is 3.